The van der Waals surface area contributed by atoms with Crippen LogP contribution in [0.15, 0.2) is 42.5 Å². The van der Waals surface area contributed by atoms with Crippen molar-refractivity contribution >= 4 is 27.3 Å². The van der Waals surface area contributed by atoms with Gasteiger partial charge in [-0.1, -0.05) is 45.2 Å². The van der Waals surface area contributed by atoms with Gasteiger partial charge < -0.3 is 10.1 Å². The van der Waals surface area contributed by atoms with E-state index >= 15 is 0 Å². The molecule has 186 valence electrons. The van der Waals surface area contributed by atoms with Crippen LogP contribution in [0.2, 0.25) is 0 Å². The SMILES string of the molecule is CCCC[C@@H](CC)CNC(=O)c1ccc(CN(c2cc([N+](=O)[O-])ccc2OC)S(C)(=O)=O)cc1. The lowest BCUT2D eigenvalue weighted by Crippen LogP contribution is -2.30. The van der Waals surface area contributed by atoms with Crippen LogP contribution < -0.4 is 14.4 Å². The average Bonchev–Trinajstić information content (AvgIpc) is 2.81. The minimum atomic E-state index is -3.80. The third kappa shape index (κ3) is 7.44. The molecule has 0 aromatic heterocycles. The van der Waals surface area contributed by atoms with Crippen LogP contribution in [0.25, 0.3) is 0 Å². The van der Waals surface area contributed by atoms with E-state index < -0.39 is 14.9 Å². The minimum absolute atomic E-state index is 0.0682. The van der Waals surface area contributed by atoms with E-state index in [1.54, 1.807) is 24.3 Å². The second-order valence-corrected chi connectivity index (χ2v) is 10.1. The summed E-state index contributed by atoms with van der Waals surface area (Å²) >= 11 is 0. The highest BCUT2D eigenvalue weighted by Crippen LogP contribution is 2.34. The standard InChI is InChI=1S/C24H33N3O6S/c1-5-7-8-18(6-2)16-25-24(28)20-11-9-19(10-12-20)17-26(34(4,31)32)22-15-21(27(29)30)13-14-23(22)33-3/h9-15,18H,5-8,16-17H2,1-4H3,(H,25,28)/t18-/m1/s1. The van der Waals surface area contributed by atoms with E-state index in [4.69, 9.17) is 4.74 Å². The zero-order valence-corrected chi connectivity index (χ0v) is 20.9. The van der Waals surface area contributed by atoms with E-state index in [1.165, 1.54) is 25.3 Å². The number of hydrogen-bond donors (Lipinski definition) is 1. The lowest BCUT2D eigenvalue weighted by atomic mass is 9.99. The molecule has 0 saturated carbocycles. The fraction of sp³-hybridized carbons (Fsp3) is 0.458. The maximum Gasteiger partial charge on any atom is 0.271 e. The summed E-state index contributed by atoms with van der Waals surface area (Å²) in [5.41, 5.74) is 0.914. The van der Waals surface area contributed by atoms with Gasteiger partial charge in [0, 0.05) is 24.2 Å². The molecule has 9 nitrogen and oxygen atoms in total. The number of carbonyl (C=O) groups excluding carboxylic acids is 1. The third-order valence-corrected chi connectivity index (χ3v) is 6.81. The van der Waals surface area contributed by atoms with Gasteiger partial charge in [0.15, 0.2) is 0 Å². The molecule has 0 radical (unpaired) electrons. The second-order valence-electron chi connectivity index (χ2n) is 8.21. The summed E-state index contributed by atoms with van der Waals surface area (Å²) in [6.45, 7) is 4.80. The van der Waals surface area contributed by atoms with Crippen LogP contribution >= 0.6 is 0 Å². The Labute approximate surface area is 201 Å². The van der Waals surface area contributed by atoms with Crippen molar-refractivity contribution in [2.75, 3.05) is 24.2 Å². The molecule has 2 aromatic carbocycles. The number of nitro groups is 1. The molecule has 0 bridgehead atoms. The summed E-state index contributed by atoms with van der Waals surface area (Å²) in [7, 11) is -2.43. The molecule has 1 N–H and O–H groups in total. The predicted octanol–water partition coefficient (Wildman–Crippen LogP) is 4.52. The summed E-state index contributed by atoms with van der Waals surface area (Å²) in [6, 6.07) is 10.4. The first-order chi connectivity index (χ1) is 16.1. The van der Waals surface area contributed by atoms with E-state index in [1.807, 2.05) is 0 Å². The highest BCUT2D eigenvalue weighted by Gasteiger charge is 2.24. The normalized spacial score (nSPS) is 12.1. The summed E-state index contributed by atoms with van der Waals surface area (Å²) in [4.78, 5) is 23.2. The van der Waals surface area contributed by atoms with Gasteiger partial charge in [0.05, 0.1) is 24.8 Å². The number of nitrogens with one attached hydrogen (secondary N) is 1. The van der Waals surface area contributed by atoms with Crippen molar-refractivity contribution in [2.45, 2.75) is 46.1 Å². The van der Waals surface area contributed by atoms with Crippen molar-refractivity contribution in [2.24, 2.45) is 5.92 Å². The summed E-state index contributed by atoms with van der Waals surface area (Å²) in [5.74, 6) is 0.457. The van der Waals surface area contributed by atoms with E-state index in [-0.39, 0.29) is 29.6 Å². The van der Waals surface area contributed by atoms with Gasteiger partial charge in [-0.15, -0.1) is 0 Å². The zero-order chi connectivity index (χ0) is 25.3. The largest absolute Gasteiger partial charge is 0.495 e. The van der Waals surface area contributed by atoms with Crippen LogP contribution in [0, 0.1) is 16.0 Å². The number of nitrogens with zero attached hydrogens (tertiary/aromatic N) is 2. The first-order valence-corrected chi connectivity index (χ1v) is 13.1. The van der Waals surface area contributed by atoms with Crippen LogP contribution in [0.3, 0.4) is 0 Å². The molecule has 0 spiro atoms. The van der Waals surface area contributed by atoms with Gasteiger partial charge in [0.2, 0.25) is 10.0 Å². The van der Waals surface area contributed by atoms with E-state index in [9.17, 15) is 23.3 Å². The minimum Gasteiger partial charge on any atom is -0.495 e. The van der Waals surface area contributed by atoms with Crippen LogP contribution in [0.4, 0.5) is 11.4 Å². The van der Waals surface area contributed by atoms with Gasteiger partial charge >= 0.3 is 0 Å². The fourth-order valence-electron chi connectivity index (χ4n) is 3.58. The molecule has 0 aliphatic heterocycles. The van der Waals surface area contributed by atoms with Crippen molar-refractivity contribution in [1.82, 2.24) is 5.32 Å². The van der Waals surface area contributed by atoms with Crippen molar-refractivity contribution < 1.29 is 22.9 Å². The molecule has 0 saturated heterocycles. The number of hydrogen-bond acceptors (Lipinski definition) is 6. The van der Waals surface area contributed by atoms with Gasteiger partial charge in [-0.3, -0.25) is 19.2 Å². The topological polar surface area (TPSA) is 119 Å². The number of rotatable bonds is 13. The lowest BCUT2D eigenvalue weighted by Gasteiger charge is -2.24. The Kier molecular flexibility index (Phi) is 9.85. The summed E-state index contributed by atoms with van der Waals surface area (Å²) < 4.78 is 31.4. The number of ether oxygens (including phenoxy) is 1. The molecular weight excluding hydrogens is 458 g/mol. The predicted molar refractivity (Wildman–Crippen MR) is 133 cm³/mol. The smallest absolute Gasteiger partial charge is 0.271 e. The van der Waals surface area contributed by atoms with Gasteiger partial charge in [-0.25, -0.2) is 8.42 Å². The fourth-order valence-corrected chi connectivity index (χ4v) is 4.46. The van der Waals surface area contributed by atoms with E-state index in [0.29, 0.717) is 23.6 Å². The van der Waals surface area contributed by atoms with Crippen molar-refractivity contribution in [1.29, 1.82) is 0 Å². The van der Waals surface area contributed by atoms with Crippen LogP contribution in [0.1, 0.15) is 55.5 Å². The number of nitro benzene ring substituents is 1. The van der Waals surface area contributed by atoms with Crippen molar-refractivity contribution in [3.8, 4) is 5.75 Å². The lowest BCUT2D eigenvalue weighted by molar-refractivity contribution is -0.384. The average molecular weight is 492 g/mol. The first-order valence-electron chi connectivity index (χ1n) is 11.3. The molecule has 10 heteroatoms. The molecule has 0 aliphatic carbocycles. The Morgan fingerprint density at radius 3 is 2.38 bits per heavy atom. The maximum absolute atomic E-state index is 12.5. The molecule has 0 heterocycles. The summed E-state index contributed by atoms with van der Waals surface area (Å²) in [6.07, 6.45) is 5.36. The maximum atomic E-state index is 12.5. The van der Waals surface area contributed by atoms with Crippen molar-refractivity contribution in [3.63, 3.8) is 0 Å². The van der Waals surface area contributed by atoms with Crippen LogP contribution in [-0.4, -0.2) is 39.2 Å². The number of benzene rings is 2. The Morgan fingerprint density at radius 1 is 1.18 bits per heavy atom. The molecule has 2 aromatic rings. The Morgan fingerprint density at radius 2 is 1.85 bits per heavy atom. The molecule has 1 amide bonds. The number of anilines is 1. The van der Waals surface area contributed by atoms with Crippen molar-refractivity contribution in [3.05, 3.63) is 63.7 Å². The number of carbonyl (C=O) groups is 1. The summed E-state index contributed by atoms with van der Waals surface area (Å²) in [5, 5.41) is 14.2. The van der Waals surface area contributed by atoms with Gasteiger partial charge in [-0.2, -0.15) is 0 Å². The number of amides is 1. The number of methoxy groups -OCH3 is 1. The number of sulfonamides is 1. The third-order valence-electron chi connectivity index (χ3n) is 5.68. The first kappa shape index (κ1) is 27.1. The van der Waals surface area contributed by atoms with E-state index in [2.05, 4.69) is 19.2 Å². The molecule has 34 heavy (non-hydrogen) atoms. The van der Waals surface area contributed by atoms with Gasteiger partial charge in [0.1, 0.15) is 11.4 Å². The number of non-ortho nitro benzene ring substituents is 1. The van der Waals surface area contributed by atoms with Crippen LogP contribution in [0.5, 0.6) is 5.75 Å². The monoisotopic (exact) mass is 491 g/mol. The highest BCUT2D eigenvalue weighted by molar-refractivity contribution is 7.92. The Balaban J connectivity index is 2.20. The second kappa shape index (κ2) is 12.4. The highest BCUT2D eigenvalue weighted by atomic mass is 32.2. The Bertz CT molecular complexity index is 1090. The van der Waals surface area contributed by atoms with Crippen LogP contribution in [-0.2, 0) is 16.6 Å². The zero-order valence-electron chi connectivity index (χ0n) is 20.1. The molecule has 0 fully saturated rings. The quantitative estimate of drug-likeness (QED) is 0.325. The number of unbranched alkanes of at least 4 members (excludes halogenated alkanes) is 1. The molecule has 2 rings (SSSR count). The molecule has 0 aliphatic rings. The molecule has 0 unspecified atom stereocenters. The van der Waals surface area contributed by atoms with Gasteiger partial charge in [-0.05, 0) is 36.1 Å². The van der Waals surface area contributed by atoms with Gasteiger partial charge in [0.25, 0.3) is 11.6 Å². The van der Waals surface area contributed by atoms with E-state index in [0.717, 1.165) is 36.2 Å². The Hall–Kier alpha value is -3.14. The molecule has 1 atom stereocenters. The molecular formula is C24H33N3O6S.